The normalized spacial score (nSPS) is 11.5. The predicted octanol–water partition coefficient (Wildman–Crippen LogP) is 2.54. The highest BCUT2D eigenvalue weighted by molar-refractivity contribution is 5.78. The molecule has 0 bridgehead atoms. The molecule has 0 saturated heterocycles. The van der Waals surface area contributed by atoms with Crippen LogP contribution in [0.25, 0.3) is 10.9 Å². The van der Waals surface area contributed by atoms with Gasteiger partial charge in [0.2, 0.25) is 0 Å². The van der Waals surface area contributed by atoms with Crippen molar-refractivity contribution in [3.8, 4) is 0 Å². The summed E-state index contributed by atoms with van der Waals surface area (Å²) >= 11 is 0. The zero-order valence-corrected chi connectivity index (χ0v) is 6.33. The van der Waals surface area contributed by atoms with E-state index in [0.717, 1.165) is 16.6 Å². The van der Waals surface area contributed by atoms with Crippen molar-refractivity contribution in [2.45, 2.75) is 6.92 Å². The van der Waals surface area contributed by atoms with E-state index in [4.69, 9.17) is 1.37 Å². The molecular formula is C10H9N. The number of nitrogens with zero attached hydrogens (tertiary/aromatic N) is 1. The van der Waals surface area contributed by atoms with Gasteiger partial charge in [-0.2, -0.15) is 0 Å². The Morgan fingerprint density at radius 2 is 2.09 bits per heavy atom. The number of fused-ring (bicyclic) bond motifs is 1. The lowest BCUT2D eigenvalue weighted by Gasteiger charge is -1.95. The molecule has 0 spiro atoms. The zero-order chi connectivity index (χ0) is 8.55. The van der Waals surface area contributed by atoms with Gasteiger partial charge in [-0.3, -0.25) is 4.98 Å². The first-order valence-electron chi connectivity index (χ1n) is 4.10. The summed E-state index contributed by atoms with van der Waals surface area (Å²) in [6, 6.07) is 10.1. The van der Waals surface area contributed by atoms with Gasteiger partial charge < -0.3 is 0 Å². The quantitative estimate of drug-likeness (QED) is 0.553. The van der Waals surface area contributed by atoms with Crippen LogP contribution in [0.2, 0.25) is 0 Å². The molecule has 0 aliphatic rings. The van der Waals surface area contributed by atoms with Crippen molar-refractivity contribution >= 4 is 10.9 Å². The molecule has 0 radical (unpaired) electrons. The Kier molecular flexibility index (Phi) is 1.13. The van der Waals surface area contributed by atoms with Gasteiger partial charge in [0.1, 0.15) is 0 Å². The molecule has 1 heterocycles. The van der Waals surface area contributed by atoms with Crippen molar-refractivity contribution in [3.63, 3.8) is 0 Å². The fourth-order valence-electron chi connectivity index (χ4n) is 1.10. The van der Waals surface area contributed by atoms with Gasteiger partial charge in [-0.05, 0) is 19.1 Å². The second-order valence-corrected chi connectivity index (χ2v) is 2.56. The van der Waals surface area contributed by atoms with Crippen molar-refractivity contribution in [1.29, 1.82) is 0 Å². The average molecular weight is 144 g/mol. The van der Waals surface area contributed by atoms with Crippen molar-refractivity contribution in [1.82, 2.24) is 4.98 Å². The summed E-state index contributed by atoms with van der Waals surface area (Å²) in [4.78, 5) is 4.32. The van der Waals surface area contributed by atoms with E-state index < -0.39 is 0 Å². The predicted molar refractivity (Wildman–Crippen MR) is 46.5 cm³/mol. The molecule has 0 N–H and O–H groups in total. The first kappa shape index (κ1) is 5.30. The van der Waals surface area contributed by atoms with Crippen LogP contribution in [-0.4, -0.2) is 4.98 Å². The topological polar surface area (TPSA) is 12.9 Å². The van der Waals surface area contributed by atoms with Crippen LogP contribution in [0, 0.1) is 6.92 Å². The van der Waals surface area contributed by atoms with Crippen LogP contribution in [0.5, 0.6) is 0 Å². The van der Waals surface area contributed by atoms with Crippen molar-refractivity contribution in [2.24, 2.45) is 0 Å². The van der Waals surface area contributed by atoms with E-state index in [-0.39, 0.29) is 0 Å². The van der Waals surface area contributed by atoms with E-state index in [1.165, 1.54) is 0 Å². The Balaban J connectivity index is 2.89. The Hall–Kier alpha value is -1.37. The molecule has 1 nitrogen and oxygen atoms in total. The Labute approximate surface area is 67.1 Å². The molecule has 54 valence electrons. The van der Waals surface area contributed by atoms with Gasteiger partial charge in [-0.25, -0.2) is 0 Å². The monoisotopic (exact) mass is 144 g/mol. The Morgan fingerprint density at radius 3 is 3.00 bits per heavy atom. The van der Waals surface area contributed by atoms with Crippen molar-refractivity contribution in [3.05, 3.63) is 42.1 Å². The molecule has 0 unspecified atom stereocenters. The Morgan fingerprint density at radius 1 is 1.27 bits per heavy atom. The summed E-state index contributed by atoms with van der Waals surface area (Å²) < 4.78 is 7.66. The third-order valence-corrected chi connectivity index (χ3v) is 1.64. The second-order valence-electron chi connectivity index (χ2n) is 2.56. The average Bonchev–Trinajstić information content (AvgIpc) is 2.04. The second kappa shape index (κ2) is 2.35. The standard InChI is InChI=1S/C10H9N/c1-8-6-7-9-4-2-3-5-10(9)11-8/h2-7H,1H3/i7D. The zero-order valence-electron chi connectivity index (χ0n) is 7.33. The molecule has 1 aromatic carbocycles. The molecule has 0 saturated carbocycles. The lowest BCUT2D eigenvalue weighted by atomic mass is 10.2. The fraction of sp³-hybridized carbons (Fsp3) is 0.100. The van der Waals surface area contributed by atoms with Crippen LogP contribution in [0.1, 0.15) is 7.06 Å². The van der Waals surface area contributed by atoms with Gasteiger partial charge >= 0.3 is 0 Å². The van der Waals surface area contributed by atoms with Crippen LogP contribution in [0.3, 0.4) is 0 Å². The molecule has 11 heavy (non-hydrogen) atoms. The number of benzene rings is 1. The van der Waals surface area contributed by atoms with Gasteiger partial charge in [-0.1, -0.05) is 24.2 Å². The lowest BCUT2D eigenvalue weighted by molar-refractivity contribution is 1.26. The van der Waals surface area contributed by atoms with Crippen LogP contribution in [0.15, 0.2) is 36.4 Å². The molecule has 2 rings (SSSR count). The number of pyridine rings is 1. The van der Waals surface area contributed by atoms with Crippen molar-refractivity contribution in [2.75, 3.05) is 0 Å². The first-order chi connectivity index (χ1) is 5.77. The highest BCUT2D eigenvalue weighted by Crippen LogP contribution is 2.10. The summed E-state index contributed by atoms with van der Waals surface area (Å²) in [6.07, 6.45) is 0. The third kappa shape index (κ3) is 1.09. The van der Waals surface area contributed by atoms with Crippen LogP contribution in [0.4, 0.5) is 0 Å². The molecule has 0 amide bonds. The summed E-state index contributed by atoms with van der Waals surface area (Å²) in [6.45, 7) is 1.91. The maximum atomic E-state index is 7.66. The molecule has 0 fully saturated rings. The minimum atomic E-state index is 0.554. The maximum Gasteiger partial charge on any atom is 0.0705 e. The Bertz CT molecular complexity index is 423. The fourth-order valence-corrected chi connectivity index (χ4v) is 1.10. The highest BCUT2D eigenvalue weighted by Gasteiger charge is 1.90. The molecule has 0 aliphatic heterocycles. The molecule has 2 aromatic rings. The highest BCUT2D eigenvalue weighted by atomic mass is 14.7. The van der Waals surface area contributed by atoms with Crippen LogP contribution in [-0.2, 0) is 0 Å². The number of para-hydroxylation sites is 1. The van der Waals surface area contributed by atoms with E-state index in [9.17, 15) is 0 Å². The SMILES string of the molecule is [2H]c1cc(C)nc2ccccc12. The van der Waals surface area contributed by atoms with E-state index in [1.807, 2.05) is 31.2 Å². The van der Waals surface area contributed by atoms with E-state index in [0.29, 0.717) is 6.04 Å². The smallest absolute Gasteiger partial charge is 0.0705 e. The van der Waals surface area contributed by atoms with Gasteiger partial charge in [0.05, 0.1) is 6.89 Å². The summed E-state index contributed by atoms with van der Waals surface area (Å²) in [5, 5.41) is 0.920. The number of hydrogen-bond donors (Lipinski definition) is 0. The van der Waals surface area contributed by atoms with Crippen molar-refractivity contribution < 1.29 is 1.37 Å². The van der Waals surface area contributed by atoms with E-state index in [1.54, 1.807) is 6.07 Å². The number of hydrogen-bond acceptors (Lipinski definition) is 1. The lowest BCUT2D eigenvalue weighted by Crippen LogP contribution is -1.80. The van der Waals surface area contributed by atoms with Gasteiger partial charge in [0.15, 0.2) is 0 Å². The van der Waals surface area contributed by atoms with Gasteiger partial charge in [0.25, 0.3) is 0 Å². The first-order valence-corrected chi connectivity index (χ1v) is 3.60. The number of aromatic nitrogens is 1. The van der Waals surface area contributed by atoms with Gasteiger partial charge in [-0.15, -0.1) is 0 Å². The minimum absolute atomic E-state index is 0.554. The minimum Gasteiger partial charge on any atom is -0.253 e. The number of rotatable bonds is 0. The van der Waals surface area contributed by atoms with E-state index >= 15 is 0 Å². The molecule has 0 aliphatic carbocycles. The third-order valence-electron chi connectivity index (χ3n) is 1.64. The number of aryl methyl sites for hydroxylation is 1. The molecule has 0 atom stereocenters. The van der Waals surface area contributed by atoms with Crippen LogP contribution >= 0.6 is 0 Å². The molecule has 1 aromatic heterocycles. The van der Waals surface area contributed by atoms with Crippen LogP contribution < -0.4 is 0 Å². The largest absolute Gasteiger partial charge is 0.253 e. The summed E-state index contributed by atoms with van der Waals surface area (Å²) in [5.74, 6) is 0. The summed E-state index contributed by atoms with van der Waals surface area (Å²) in [7, 11) is 0. The van der Waals surface area contributed by atoms with Gasteiger partial charge in [0, 0.05) is 11.1 Å². The molecular weight excluding hydrogens is 134 g/mol. The van der Waals surface area contributed by atoms with E-state index in [2.05, 4.69) is 4.98 Å². The summed E-state index contributed by atoms with van der Waals surface area (Å²) in [5.41, 5.74) is 1.81. The molecule has 1 heteroatoms. The maximum absolute atomic E-state index is 7.66.